The van der Waals surface area contributed by atoms with Crippen molar-refractivity contribution < 1.29 is 5.11 Å². The van der Waals surface area contributed by atoms with E-state index in [0.29, 0.717) is 5.54 Å². The summed E-state index contributed by atoms with van der Waals surface area (Å²) in [6.45, 7) is 9.25. The third-order valence-electron chi connectivity index (χ3n) is 3.82. The number of hydrogen-bond acceptors (Lipinski definition) is 3. The van der Waals surface area contributed by atoms with E-state index in [0.717, 1.165) is 24.7 Å². The molecular weight excluding hydrogens is 188 g/mol. The smallest absolute Gasteiger partial charge is 0.134 e. The van der Waals surface area contributed by atoms with Gasteiger partial charge in [0, 0.05) is 24.3 Å². The third-order valence-corrected chi connectivity index (χ3v) is 3.82. The molecule has 0 aromatic heterocycles. The predicted octanol–water partition coefficient (Wildman–Crippen LogP) is 1.52. The Labute approximate surface area is 92.2 Å². The average Bonchev–Trinajstić information content (AvgIpc) is 2.59. The lowest BCUT2D eigenvalue weighted by atomic mass is 10.0. The van der Waals surface area contributed by atoms with Crippen molar-refractivity contribution in [3.05, 3.63) is 0 Å². The van der Waals surface area contributed by atoms with Gasteiger partial charge in [0.25, 0.3) is 0 Å². The molecule has 15 heavy (non-hydrogen) atoms. The summed E-state index contributed by atoms with van der Waals surface area (Å²) >= 11 is 0. The molecule has 1 saturated carbocycles. The molecule has 1 heterocycles. The summed E-state index contributed by atoms with van der Waals surface area (Å²) in [5, 5.41) is 8.77. The van der Waals surface area contributed by atoms with Gasteiger partial charge in [-0.1, -0.05) is 0 Å². The van der Waals surface area contributed by atoms with Crippen molar-refractivity contribution >= 4 is 5.71 Å². The van der Waals surface area contributed by atoms with E-state index in [4.69, 9.17) is 5.11 Å². The molecule has 2 atom stereocenters. The van der Waals surface area contributed by atoms with Gasteiger partial charge < -0.3 is 5.11 Å². The second-order valence-electron chi connectivity index (χ2n) is 5.87. The van der Waals surface area contributed by atoms with Crippen molar-refractivity contribution in [1.29, 1.82) is 0 Å². The van der Waals surface area contributed by atoms with Crippen LogP contribution in [-0.4, -0.2) is 41.1 Å². The molecular formula is C12H22N2O. The first-order valence-corrected chi connectivity index (χ1v) is 5.89. The maximum Gasteiger partial charge on any atom is 0.134 e. The monoisotopic (exact) mass is 210 g/mol. The van der Waals surface area contributed by atoms with Crippen LogP contribution in [0.1, 0.15) is 33.6 Å². The average molecular weight is 210 g/mol. The zero-order chi connectivity index (χ0) is 11.1. The third kappa shape index (κ3) is 2.23. The Morgan fingerprint density at radius 3 is 2.20 bits per heavy atom. The van der Waals surface area contributed by atoms with Crippen LogP contribution in [0.2, 0.25) is 0 Å². The van der Waals surface area contributed by atoms with Crippen LogP contribution in [0.3, 0.4) is 0 Å². The van der Waals surface area contributed by atoms with Crippen LogP contribution in [-0.2, 0) is 0 Å². The van der Waals surface area contributed by atoms with Crippen molar-refractivity contribution in [3.63, 3.8) is 0 Å². The highest BCUT2D eigenvalue weighted by molar-refractivity contribution is 5.87. The number of aliphatic hydroxyl groups excluding tert-OH is 1. The van der Waals surface area contributed by atoms with Crippen molar-refractivity contribution in [1.82, 2.24) is 4.90 Å². The van der Waals surface area contributed by atoms with Gasteiger partial charge in [-0.3, -0.25) is 9.89 Å². The lowest BCUT2D eigenvalue weighted by Gasteiger charge is -2.32. The van der Waals surface area contributed by atoms with Gasteiger partial charge in [-0.25, -0.2) is 0 Å². The molecule has 0 spiro atoms. The Kier molecular flexibility index (Phi) is 2.86. The zero-order valence-corrected chi connectivity index (χ0v) is 10.0. The Morgan fingerprint density at radius 1 is 1.27 bits per heavy atom. The maximum absolute atomic E-state index is 8.77. The quantitative estimate of drug-likeness (QED) is 0.712. The minimum absolute atomic E-state index is 0.0300. The highest BCUT2D eigenvalue weighted by Gasteiger charge is 2.41. The Bertz CT molecular complexity index is 251. The lowest BCUT2D eigenvalue weighted by Crippen LogP contribution is -2.40. The number of aliphatic imine (C=N–C) groups is 1. The molecule has 1 aliphatic carbocycles. The van der Waals surface area contributed by atoms with Gasteiger partial charge in [0.05, 0.1) is 0 Å². The SMILES string of the molecule is CC(C)(C)N1CC2CC(=NCO)CC2C1. The second-order valence-corrected chi connectivity index (χ2v) is 5.87. The molecule has 1 aliphatic heterocycles. The largest absolute Gasteiger partial charge is 0.375 e. The van der Waals surface area contributed by atoms with Crippen molar-refractivity contribution in [2.45, 2.75) is 39.2 Å². The fourth-order valence-electron chi connectivity index (χ4n) is 2.87. The van der Waals surface area contributed by atoms with E-state index in [1.165, 1.54) is 18.8 Å². The molecule has 86 valence electrons. The van der Waals surface area contributed by atoms with E-state index < -0.39 is 0 Å². The van der Waals surface area contributed by atoms with Gasteiger partial charge in [-0.05, 0) is 45.4 Å². The molecule has 2 unspecified atom stereocenters. The molecule has 2 fully saturated rings. The number of rotatable bonds is 1. The van der Waals surface area contributed by atoms with Crippen LogP contribution in [0.4, 0.5) is 0 Å². The van der Waals surface area contributed by atoms with Crippen LogP contribution in [0.5, 0.6) is 0 Å². The summed E-state index contributed by atoms with van der Waals surface area (Å²) in [6.07, 6.45) is 2.22. The Balaban J connectivity index is 1.96. The molecule has 2 aliphatic rings. The second kappa shape index (κ2) is 3.87. The first-order valence-electron chi connectivity index (χ1n) is 5.89. The number of hydrogen-bond donors (Lipinski definition) is 1. The van der Waals surface area contributed by atoms with Crippen LogP contribution >= 0.6 is 0 Å². The highest BCUT2D eigenvalue weighted by atomic mass is 16.3. The molecule has 0 bridgehead atoms. The van der Waals surface area contributed by atoms with Gasteiger partial charge >= 0.3 is 0 Å². The fourth-order valence-corrected chi connectivity index (χ4v) is 2.87. The standard InChI is InChI=1S/C12H22N2O/c1-12(2,3)14-6-9-4-11(13-8-15)5-10(9)7-14/h9-10,15H,4-8H2,1-3H3. The summed E-state index contributed by atoms with van der Waals surface area (Å²) in [7, 11) is 0. The maximum atomic E-state index is 8.77. The van der Waals surface area contributed by atoms with E-state index >= 15 is 0 Å². The first-order chi connectivity index (χ1) is 7.00. The van der Waals surface area contributed by atoms with Gasteiger partial charge in [-0.15, -0.1) is 0 Å². The van der Waals surface area contributed by atoms with Crippen molar-refractivity contribution in [2.24, 2.45) is 16.8 Å². The van der Waals surface area contributed by atoms with Gasteiger partial charge in [0.1, 0.15) is 6.73 Å². The van der Waals surface area contributed by atoms with Crippen LogP contribution in [0, 0.1) is 11.8 Å². The van der Waals surface area contributed by atoms with E-state index in [1.54, 1.807) is 0 Å². The summed E-state index contributed by atoms with van der Waals surface area (Å²) < 4.78 is 0. The molecule has 2 rings (SSSR count). The Hall–Kier alpha value is -0.410. The molecule has 0 radical (unpaired) electrons. The number of nitrogens with zero attached hydrogens (tertiary/aromatic N) is 2. The van der Waals surface area contributed by atoms with Gasteiger partial charge in [-0.2, -0.15) is 0 Å². The minimum atomic E-state index is -0.0300. The fraction of sp³-hybridized carbons (Fsp3) is 0.917. The van der Waals surface area contributed by atoms with Crippen molar-refractivity contribution in [2.75, 3.05) is 19.8 Å². The zero-order valence-electron chi connectivity index (χ0n) is 10.0. The summed E-state index contributed by atoms with van der Waals surface area (Å²) in [5.74, 6) is 1.57. The van der Waals surface area contributed by atoms with E-state index in [1.807, 2.05) is 0 Å². The number of aliphatic hydroxyl groups is 1. The number of fused-ring (bicyclic) bond motifs is 1. The summed E-state index contributed by atoms with van der Waals surface area (Å²) in [4.78, 5) is 6.73. The van der Waals surface area contributed by atoms with Crippen molar-refractivity contribution in [3.8, 4) is 0 Å². The summed E-state index contributed by atoms with van der Waals surface area (Å²) in [5.41, 5.74) is 1.54. The van der Waals surface area contributed by atoms with E-state index in [2.05, 4.69) is 30.7 Å². The molecule has 1 N–H and O–H groups in total. The van der Waals surface area contributed by atoms with Crippen LogP contribution in [0.25, 0.3) is 0 Å². The number of likely N-dealkylation sites (tertiary alicyclic amines) is 1. The molecule has 3 nitrogen and oxygen atoms in total. The minimum Gasteiger partial charge on any atom is -0.375 e. The van der Waals surface area contributed by atoms with Crippen LogP contribution < -0.4 is 0 Å². The lowest BCUT2D eigenvalue weighted by molar-refractivity contribution is 0.164. The topological polar surface area (TPSA) is 35.8 Å². The molecule has 3 heteroatoms. The molecule has 0 aromatic rings. The summed E-state index contributed by atoms with van der Waals surface area (Å²) in [6, 6.07) is 0. The van der Waals surface area contributed by atoms with Gasteiger partial charge in [0.2, 0.25) is 0 Å². The predicted molar refractivity (Wildman–Crippen MR) is 62.1 cm³/mol. The molecule has 0 amide bonds. The molecule has 0 aromatic carbocycles. The highest BCUT2D eigenvalue weighted by Crippen LogP contribution is 2.39. The van der Waals surface area contributed by atoms with E-state index in [9.17, 15) is 0 Å². The molecule has 1 saturated heterocycles. The van der Waals surface area contributed by atoms with E-state index in [-0.39, 0.29) is 6.73 Å². The Morgan fingerprint density at radius 2 is 1.80 bits per heavy atom. The normalized spacial score (nSPS) is 32.1. The van der Waals surface area contributed by atoms with Gasteiger partial charge in [0.15, 0.2) is 0 Å². The van der Waals surface area contributed by atoms with Crippen LogP contribution in [0.15, 0.2) is 4.99 Å². The first kappa shape index (κ1) is 11.1.